The summed E-state index contributed by atoms with van der Waals surface area (Å²) in [6, 6.07) is 0. The van der Waals surface area contributed by atoms with Crippen LogP contribution >= 0.6 is 23.2 Å². The number of fused-ring (bicyclic) bond motifs is 1. The van der Waals surface area contributed by atoms with E-state index in [2.05, 4.69) is 0 Å². The number of carboxylic acid groups (broad SMARTS) is 1. The molecule has 0 heterocycles. The van der Waals surface area contributed by atoms with Crippen LogP contribution in [0.25, 0.3) is 0 Å². The Hall–Kier alpha value is 0.0500. The van der Waals surface area contributed by atoms with Gasteiger partial charge in [-0.05, 0) is 18.8 Å². The van der Waals surface area contributed by atoms with Crippen LogP contribution in [-0.4, -0.2) is 15.4 Å². The average molecular weight is 195 g/mol. The van der Waals surface area contributed by atoms with Crippen molar-refractivity contribution in [1.29, 1.82) is 0 Å². The van der Waals surface area contributed by atoms with Gasteiger partial charge in [-0.1, -0.05) is 0 Å². The molecule has 2 rings (SSSR count). The van der Waals surface area contributed by atoms with Crippen LogP contribution in [0, 0.1) is 17.8 Å². The summed E-state index contributed by atoms with van der Waals surface area (Å²) >= 11 is 11.7. The first-order chi connectivity index (χ1) is 5.05. The van der Waals surface area contributed by atoms with Crippen molar-refractivity contribution in [2.24, 2.45) is 17.8 Å². The number of aliphatic carboxylic acids is 1. The van der Waals surface area contributed by atoms with Crippen LogP contribution in [-0.2, 0) is 4.79 Å². The van der Waals surface area contributed by atoms with Crippen LogP contribution in [0.4, 0.5) is 0 Å². The fourth-order valence-corrected chi connectivity index (χ4v) is 3.12. The smallest absolute Gasteiger partial charge is 0.306 e. The average Bonchev–Trinajstić information content (AvgIpc) is 2.34. The molecule has 0 amide bonds. The van der Waals surface area contributed by atoms with Crippen LogP contribution in [0.1, 0.15) is 12.8 Å². The SMILES string of the molecule is O=C(O)[C@H]1CC[C@H]2[C@@H]1C2(Cl)Cl. The minimum absolute atomic E-state index is 0.0170. The van der Waals surface area contributed by atoms with Crippen LogP contribution < -0.4 is 0 Å². The third kappa shape index (κ3) is 0.890. The Morgan fingerprint density at radius 3 is 2.36 bits per heavy atom. The quantitative estimate of drug-likeness (QED) is 0.648. The minimum atomic E-state index is -0.749. The summed E-state index contributed by atoms with van der Waals surface area (Å²) in [7, 11) is 0. The molecule has 0 saturated heterocycles. The molecule has 0 radical (unpaired) electrons. The van der Waals surface area contributed by atoms with E-state index in [1.54, 1.807) is 0 Å². The Balaban J connectivity index is 2.13. The lowest BCUT2D eigenvalue weighted by atomic mass is 10.0. The summed E-state index contributed by atoms with van der Waals surface area (Å²) in [6.07, 6.45) is 1.61. The van der Waals surface area contributed by atoms with E-state index in [9.17, 15) is 4.79 Å². The molecule has 3 atom stereocenters. The van der Waals surface area contributed by atoms with Crippen LogP contribution in [0.5, 0.6) is 0 Å². The van der Waals surface area contributed by atoms with Gasteiger partial charge in [0.25, 0.3) is 0 Å². The fourth-order valence-electron chi connectivity index (χ4n) is 2.15. The highest BCUT2D eigenvalue weighted by Gasteiger charge is 2.70. The molecule has 2 nitrogen and oxygen atoms in total. The predicted molar refractivity (Wildman–Crippen MR) is 41.8 cm³/mol. The van der Waals surface area contributed by atoms with Crippen molar-refractivity contribution in [3.8, 4) is 0 Å². The van der Waals surface area contributed by atoms with Crippen molar-refractivity contribution in [1.82, 2.24) is 0 Å². The Bertz CT molecular complexity index is 214. The van der Waals surface area contributed by atoms with Gasteiger partial charge >= 0.3 is 5.97 Å². The number of carbonyl (C=O) groups is 1. The maximum absolute atomic E-state index is 10.6. The molecule has 0 aromatic heterocycles. The molecule has 2 saturated carbocycles. The van der Waals surface area contributed by atoms with Crippen molar-refractivity contribution in [3.05, 3.63) is 0 Å². The summed E-state index contributed by atoms with van der Waals surface area (Å²) in [5.74, 6) is -0.786. The molecule has 4 heteroatoms. The zero-order chi connectivity index (χ0) is 8.22. The lowest BCUT2D eigenvalue weighted by Gasteiger charge is -2.09. The molecule has 2 aliphatic carbocycles. The van der Waals surface area contributed by atoms with Crippen LogP contribution in [0.2, 0.25) is 0 Å². The zero-order valence-corrected chi connectivity index (χ0v) is 7.27. The number of alkyl halides is 2. The maximum Gasteiger partial charge on any atom is 0.306 e. The molecule has 62 valence electrons. The molecule has 0 unspecified atom stereocenters. The highest BCUT2D eigenvalue weighted by Crippen LogP contribution is 2.69. The van der Waals surface area contributed by atoms with Crippen molar-refractivity contribution in [2.45, 2.75) is 17.2 Å². The molecular formula is C7H8Cl2O2. The second-order valence-corrected chi connectivity index (χ2v) is 4.77. The van der Waals surface area contributed by atoms with Gasteiger partial charge in [0.05, 0.1) is 5.92 Å². The monoisotopic (exact) mass is 194 g/mol. The van der Waals surface area contributed by atoms with Gasteiger partial charge in [0.2, 0.25) is 0 Å². The number of halogens is 2. The normalized spacial score (nSPS) is 45.1. The molecule has 2 aliphatic rings. The van der Waals surface area contributed by atoms with E-state index in [0.29, 0.717) is 0 Å². The molecule has 0 aliphatic heterocycles. The Morgan fingerprint density at radius 2 is 2.09 bits per heavy atom. The highest BCUT2D eigenvalue weighted by molar-refractivity contribution is 6.51. The molecule has 2 fully saturated rings. The van der Waals surface area contributed by atoms with E-state index in [1.165, 1.54) is 0 Å². The second kappa shape index (κ2) is 2.05. The van der Waals surface area contributed by atoms with Crippen molar-refractivity contribution in [3.63, 3.8) is 0 Å². The number of hydrogen-bond donors (Lipinski definition) is 1. The number of hydrogen-bond acceptors (Lipinski definition) is 1. The van der Waals surface area contributed by atoms with Crippen LogP contribution in [0.15, 0.2) is 0 Å². The molecule has 0 aromatic rings. The Kier molecular flexibility index (Phi) is 1.43. The van der Waals surface area contributed by atoms with E-state index in [-0.39, 0.29) is 17.8 Å². The van der Waals surface area contributed by atoms with E-state index in [0.717, 1.165) is 12.8 Å². The predicted octanol–water partition coefficient (Wildman–Crippen LogP) is 1.90. The number of carboxylic acids is 1. The Morgan fingerprint density at radius 1 is 1.45 bits per heavy atom. The third-order valence-electron chi connectivity index (χ3n) is 2.80. The summed E-state index contributed by atoms with van der Waals surface area (Å²) in [5.41, 5.74) is 0. The van der Waals surface area contributed by atoms with Crippen LogP contribution in [0.3, 0.4) is 0 Å². The number of rotatable bonds is 1. The molecular weight excluding hydrogens is 187 g/mol. The van der Waals surface area contributed by atoms with Gasteiger partial charge in [-0.3, -0.25) is 4.79 Å². The first kappa shape index (κ1) is 7.69. The summed E-state index contributed by atoms with van der Waals surface area (Å²) < 4.78 is -0.721. The van der Waals surface area contributed by atoms with Gasteiger partial charge < -0.3 is 5.11 Å². The first-order valence-electron chi connectivity index (χ1n) is 3.65. The highest BCUT2D eigenvalue weighted by atomic mass is 35.5. The molecule has 1 N–H and O–H groups in total. The molecule has 0 spiro atoms. The minimum Gasteiger partial charge on any atom is -0.481 e. The maximum atomic E-state index is 10.6. The summed E-state index contributed by atoms with van der Waals surface area (Å²) in [5, 5.41) is 8.73. The molecule has 0 aromatic carbocycles. The van der Waals surface area contributed by atoms with Gasteiger partial charge in [0.15, 0.2) is 0 Å². The zero-order valence-electron chi connectivity index (χ0n) is 5.76. The van der Waals surface area contributed by atoms with Gasteiger partial charge in [0.1, 0.15) is 4.33 Å². The Labute approximate surface area is 74.5 Å². The van der Waals surface area contributed by atoms with Crippen molar-refractivity contribution >= 4 is 29.2 Å². The topological polar surface area (TPSA) is 37.3 Å². The lowest BCUT2D eigenvalue weighted by molar-refractivity contribution is -0.142. The van der Waals surface area contributed by atoms with Crippen molar-refractivity contribution in [2.75, 3.05) is 0 Å². The van der Waals surface area contributed by atoms with E-state index >= 15 is 0 Å². The third-order valence-corrected chi connectivity index (χ3v) is 3.87. The summed E-state index contributed by atoms with van der Waals surface area (Å²) in [4.78, 5) is 10.6. The van der Waals surface area contributed by atoms with Gasteiger partial charge in [-0.15, -0.1) is 23.2 Å². The van der Waals surface area contributed by atoms with Gasteiger partial charge in [0, 0.05) is 5.92 Å². The van der Waals surface area contributed by atoms with Gasteiger partial charge in [-0.2, -0.15) is 0 Å². The van der Waals surface area contributed by atoms with E-state index < -0.39 is 10.3 Å². The summed E-state index contributed by atoms with van der Waals surface area (Å²) in [6.45, 7) is 0. The largest absolute Gasteiger partial charge is 0.481 e. The van der Waals surface area contributed by atoms with Gasteiger partial charge in [-0.25, -0.2) is 0 Å². The molecule has 11 heavy (non-hydrogen) atoms. The first-order valence-corrected chi connectivity index (χ1v) is 4.41. The lowest BCUT2D eigenvalue weighted by Crippen LogP contribution is -2.17. The van der Waals surface area contributed by atoms with E-state index in [1.807, 2.05) is 0 Å². The fraction of sp³-hybridized carbons (Fsp3) is 0.857. The van der Waals surface area contributed by atoms with E-state index in [4.69, 9.17) is 28.3 Å². The standard InChI is InChI=1S/C7H8Cl2O2/c8-7(9)4-2-1-3(5(4)7)6(10)11/h3-5H,1-2H2,(H,10,11)/t3-,4-,5+/m0/s1. The molecule has 0 bridgehead atoms. The van der Waals surface area contributed by atoms with Crippen molar-refractivity contribution < 1.29 is 9.90 Å². The second-order valence-electron chi connectivity index (χ2n) is 3.33.